The van der Waals surface area contributed by atoms with Gasteiger partial charge in [-0.1, -0.05) is 43.0 Å². The van der Waals surface area contributed by atoms with E-state index < -0.39 is 0 Å². The summed E-state index contributed by atoms with van der Waals surface area (Å²) in [6.45, 7) is 2.11. The van der Waals surface area contributed by atoms with Crippen LogP contribution in [0.15, 0.2) is 18.2 Å². The topological polar surface area (TPSA) is 20.2 Å². The Kier molecular flexibility index (Phi) is 5.44. The van der Waals surface area contributed by atoms with Gasteiger partial charge in [-0.05, 0) is 36.6 Å². The molecular formula is C12H16Cl2O. The molecule has 1 N–H and O–H groups in total. The van der Waals surface area contributed by atoms with Crippen LogP contribution in [0.4, 0.5) is 0 Å². The van der Waals surface area contributed by atoms with Gasteiger partial charge in [0.05, 0.1) is 6.10 Å². The van der Waals surface area contributed by atoms with E-state index in [9.17, 15) is 5.11 Å². The van der Waals surface area contributed by atoms with Crippen molar-refractivity contribution in [2.45, 2.75) is 38.7 Å². The fourth-order valence-corrected chi connectivity index (χ4v) is 2.11. The molecule has 15 heavy (non-hydrogen) atoms. The third-order valence-electron chi connectivity index (χ3n) is 2.28. The fourth-order valence-electron chi connectivity index (χ4n) is 1.54. The summed E-state index contributed by atoms with van der Waals surface area (Å²) in [5.74, 6) is 0. The van der Waals surface area contributed by atoms with Gasteiger partial charge in [0.2, 0.25) is 0 Å². The van der Waals surface area contributed by atoms with Crippen molar-refractivity contribution in [3.05, 3.63) is 33.8 Å². The van der Waals surface area contributed by atoms with E-state index in [4.69, 9.17) is 23.2 Å². The molecule has 0 saturated heterocycles. The van der Waals surface area contributed by atoms with Gasteiger partial charge in [-0.25, -0.2) is 0 Å². The lowest BCUT2D eigenvalue weighted by Crippen LogP contribution is -2.10. The Bertz CT molecular complexity index is 292. The van der Waals surface area contributed by atoms with E-state index in [1.165, 1.54) is 0 Å². The lowest BCUT2D eigenvalue weighted by Gasteiger charge is -2.10. The van der Waals surface area contributed by atoms with Crippen molar-refractivity contribution >= 4 is 23.2 Å². The maximum absolute atomic E-state index is 9.73. The van der Waals surface area contributed by atoms with Crippen molar-refractivity contribution in [2.24, 2.45) is 0 Å². The molecule has 0 heterocycles. The lowest BCUT2D eigenvalue weighted by molar-refractivity contribution is 0.162. The maximum atomic E-state index is 9.73. The Hall–Kier alpha value is -0.240. The monoisotopic (exact) mass is 246 g/mol. The van der Waals surface area contributed by atoms with Crippen molar-refractivity contribution < 1.29 is 5.11 Å². The van der Waals surface area contributed by atoms with Crippen LogP contribution in [0.2, 0.25) is 10.0 Å². The molecule has 0 aliphatic carbocycles. The van der Waals surface area contributed by atoms with Crippen LogP contribution in [-0.4, -0.2) is 11.2 Å². The first-order valence-corrected chi connectivity index (χ1v) is 6.00. The van der Waals surface area contributed by atoms with E-state index in [0.29, 0.717) is 16.5 Å². The Morgan fingerprint density at radius 3 is 2.33 bits per heavy atom. The van der Waals surface area contributed by atoms with Crippen LogP contribution in [0.25, 0.3) is 0 Å². The summed E-state index contributed by atoms with van der Waals surface area (Å²) >= 11 is 11.7. The van der Waals surface area contributed by atoms with Crippen molar-refractivity contribution in [1.82, 2.24) is 0 Å². The molecule has 1 atom stereocenters. The molecular weight excluding hydrogens is 231 g/mol. The standard InChI is InChI=1S/C12H16Cl2O/c1-2-3-4-12(15)7-9-5-10(13)8-11(14)6-9/h5-6,8,12,15H,2-4,7H2,1H3. The molecule has 84 valence electrons. The van der Waals surface area contributed by atoms with E-state index in [1.807, 2.05) is 12.1 Å². The summed E-state index contributed by atoms with van der Waals surface area (Å²) in [4.78, 5) is 0. The van der Waals surface area contributed by atoms with Gasteiger partial charge < -0.3 is 5.11 Å². The van der Waals surface area contributed by atoms with Crippen LogP contribution in [-0.2, 0) is 6.42 Å². The highest BCUT2D eigenvalue weighted by atomic mass is 35.5. The average Bonchev–Trinajstić information content (AvgIpc) is 2.13. The molecule has 3 heteroatoms. The number of hydrogen-bond donors (Lipinski definition) is 1. The minimum Gasteiger partial charge on any atom is -0.393 e. The van der Waals surface area contributed by atoms with Gasteiger partial charge in [0, 0.05) is 10.0 Å². The molecule has 1 unspecified atom stereocenters. The van der Waals surface area contributed by atoms with Gasteiger partial charge in [-0.3, -0.25) is 0 Å². The maximum Gasteiger partial charge on any atom is 0.0580 e. The van der Waals surface area contributed by atoms with Gasteiger partial charge in [0.1, 0.15) is 0 Å². The molecule has 1 rings (SSSR count). The van der Waals surface area contributed by atoms with Gasteiger partial charge in [-0.15, -0.1) is 0 Å². The fraction of sp³-hybridized carbons (Fsp3) is 0.500. The summed E-state index contributed by atoms with van der Waals surface area (Å²) in [6.07, 6.45) is 3.32. The molecule has 0 aliphatic rings. The minimum atomic E-state index is -0.292. The molecule has 0 aromatic heterocycles. The van der Waals surface area contributed by atoms with Crippen LogP contribution in [0.5, 0.6) is 0 Å². The van der Waals surface area contributed by atoms with E-state index in [2.05, 4.69) is 6.92 Å². The third kappa shape index (κ3) is 4.87. The smallest absolute Gasteiger partial charge is 0.0580 e. The van der Waals surface area contributed by atoms with Gasteiger partial charge >= 0.3 is 0 Å². The summed E-state index contributed by atoms with van der Waals surface area (Å²) in [5, 5.41) is 11.0. The zero-order valence-corrected chi connectivity index (χ0v) is 10.4. The SMILES string of the molecule is CCCCC(O)Cc1cc(Cl)cc(Cl)c1. The quantitative estimate of drug-likeness (QED) is 0.830. The molecule has 0 radical (unpaired) electrons. The van der Waals surface area contributed by atoms with Gasteiger partial charge in [0.25, 0.3) is 0 Å². The number of rotatable bonds is 5. The lowest BCUT2D eigenvalue weighted by atomic mass is 10.0. The Labute approximate surface area is 101 Å². The first-order valence-electron chi connectivity index (χ1n) is 5.25. The highest BCUT2D eigenvalue weighted by Gasteiger charge is 2.06. The number of unbranched alkanes of at least 4 members (excludes halogenated alkanes) is 1. The summed E-state index contributed by atoms with van der Waals surface area (Å²) in [7, 11) is 0. The first kappa shape index (κ1) is 12.8. The highest BCUT2D eigenvalue weighted by molar-refractivity contribution is 6.34. The summed E-state index contributed by atoms with van der Waals surface area (Å²) in [5.41, 5.74) is 0.996. The second-order valence-corrected chi connectivity index (χ2v) is 4.65. The molecule has 0 aliphatic heterocycles. The van der Waals surface area contributed by atoms with Crippen molar-refractivity contribution in [2.75, 3.05) is 0 Å². The minimum absolute atomic E-state index is 0.292. The van der Waals surface area contributed by atoms with Crippen LogP contribution in [0, 0.1) is 0 Å². The normalized spacial score (nSPS) is 12.8. The molecule has 0 amide bonds. The van der Waals surface area contributed by atoms with Crippen molar-refractivity contribution in [1.29, 1.82) is 0 Å². The second-order valence-electron chi connectivity index (χ2n) is 3.78. The average molecular weight is 247 g/mol. The summed E-state index contributed by atoms with van der Waals surface area (Å²) < 4.78 is 0. The predicted molar refractivity (Wildman–Crippen MR) is 65.7 cm³/mol. The summed E-state index contributed by atoms with van der Waals surface area (Å²) in [6, 6.07) is 5.40. The molecule has 0 fully saturated rings. The Balaban J connectivity index is 2.56. The zero-order valence-electron chi connectivity index (χ0n) is 8.84. The largest absolute Gasteiger partial charge is 0.393 e. The highest BCUT2D eigenvalue weighted by Crippen LogP contribution is 2.20. The van der Waals surface area contributed by atoms with E-state index in [-0.39, 0.29) is 6.10 Å². The number of aliphatic hydroxyl groups is 1. The number of hydrogen-bond acceptors (Lipinski definition) is 1. The molecule has 1 aromatic carbocycles. The molecule has 1 nitrogen and oxygen atoms in total. The van der Waals surface area contributed by atoms with Gasteiger partial charge in [-0.2, -0.15) is 0 Å². The van der Waals surface area contributed by atoms with Crippen LogP contribution in [0.1, 0.15) is 31.7 Å². The Morgan fingerprint density at radius 2 is 1.80 bits per heavy atom. The molecule has 0 bridgehead atoms. The van der Waals surface area contributed by atoms with E-state index >= 15 is 0 Å². The van der Waals surface area contributed by atoms with Crippen LogP contribution in [0.3, 0.4) is 0 Å². The van der Waals surface area contributed by atoms with Crippen LogP contribution < -0.4 is 0 Å². The first-order chi connectivity index (χ1) is 7.11. The van der Waals surface area contributed by atoms with Crippen LogP contribution >= 0.6 is 23.2 Å². The molecule has 0 spiro atoms. The second kappa shape index (κ2) is 6.37. The number of benzene rings is 1. The van der Waals surface area contributed by atoms with E-state index in [1.54, 1.807) is 6.07 Å². The van der Waals surface area contributed by atoms with Gasteiger partial charge in [0.15, 0.2) is 0 Å². The predicted octanol–water partition coefficient (Wildman–Crippen LogP) is 4.09. The number of halogens is 2. The van der Waals surface area contributed by atoms with Crippen molar-refractivity contribution in [3.63, 3.8) is 0 Å². The zero-order chi connectivity index (χ0) is 11.3. The van der Waals surface area contributed by atoms with E-state index in [0.717, 1.165) is 24.8 Å². The third-order valence-corrected chi connectivity index (χ3v) is 2.72. The molecule has 0 saturated carbocycles. The molecule has 1 aromatic rings. The number of aliphatic hydroxyl groups excluding tert-OH is 1. The Morgan fingerprint density at radius 1 is 1.20 bits per heavy atom. The van der Waals surface area contributed by atoms with Crippen molar-refractivity contribution in [3.8, 4) is 0 Å².